The van der Waals surface area contributed by atoms with Gasteiger partial charge in [0, 0.05) is 18.7 Å². The van der Waals surface area contributed by atoms with Crippen LogP contribution in [0.15, 0.2) is 42.5 Å². The molecule has 0 heterocycles. The Bertz CT molecular complexity index is 824. The van der Waals surface area contributed by atoms with Crippen LogP contribution in [0.1, 0.15) is 36.8 Å². The van der Waals surface area contributed by atoms with Gasteiger partial charge in [-0.2, -0.15) is 13.2 Å². The normalized spacial score (nSPS) is 12.4. The molecule has 0 spiro atoms. The highest BCUT2D eigenvalue weighted by atomic mass is 19.4. The van der Waals surface area contributed by atoms with Crippen molar-refractivity contribution in [3.05, 3.63) is 53.6 Å². The van der Waals surface area contributed by atoms with Gasteiger partial charge < -0.3 is 16.4 Å². The lowest BCUT2D eigenvalue weighted by atomic mass is 10.1. The Morgan fingerprint density at radius 3 is 2.37 bits per heavy atom. The number of hydrogen-bond donors (Lipinski definition) is 3. The van der Waals surface area contributed by atoms with Gasteiger partial charge in [-0.3, -0.25) is 4.79 Å². The SMILES string of the molecule is Nc1cc(NCc2ccc(C(F)(F)F)cc2)ccc1NC(=O)CCCC[C@@H](F)CF. The lowest BCUT2D eigenvalue weighted by molar-refractivity contribution is -0.137. The van der Waals surface area contributed by atoms with Gasteiger partial charge in [-0.15, -0.1) is 0 Å². The first-order valence-electron chi connectivity index (χ1n) is 9.48. The zero-order chi connectivity index (χ0) is 22.1. The number of unbranched alkanes of at least 4 members (excludes halogenated alkanes) is 1. The number of hydrogen-bond acceptors (Lipinski definition) is 3. The smallest absolute Gasteiger partial charge is 0.397 e. The van der Waals surface area contributed by atoms with Crippen molar-refractivity contribution in [1.29, 1.82) is 0 Å². The minimum absolute atomic E-state index is 0.0885. The molecule has 164 valence electrons. The van der Waals surface area contributed by atoms with E-state index in [2.05, 4.69) is 10.6 Å². The lowest BCUT2D eigenvalue weighted by Gasteiger charge is -2.12. The van der Waals surface area contributed by atoms with Gasteiger partial charge in [0.1, 0.15) is 12.8 Å². The van der Waals surface area contributed by atoms with Crippen molar-refractivity contribution in [3.8, 4) is 0 Å². The first-order valence-corrected chi connectivity index (χ1v) is 9.48. The summed E-state index contributed by atoms with van der Waals surface area (Å²) in [6.45, 7) is -0.709. The third-order valence-corrected chi connectivity index (χ3v) is 4.44. The molecule has 0 radical (unpaired) electrons. The Kier molecular flexibility index (Phi) is 8.44. The molecule has 30 heavy (non-hydrogen) atoms. The van der Waals surface area contributed by atoms with Gasteiger partial charge >= 0.3 is 6.18 Å². The average Bonchev–Trinajstić information content (AvgIpc) is 2.71. The number of rotatable bonds is 10. The van der Waals surface area contributed by atoms with Crippen LogP contribution in [-0.4, -0.2) is 18.8 Å². The van der Waals surface area contributed by atoms with Crippen molar-refractivity contribution in [1.82, 2.24) is 0 Å². The Morgan fingerprint density at radius 1 is 1.07 bits per heavy atom. The van der Waals surface area contributed by atoms with Crippen LogP contribution in [-0.2, 0) is 17.5 Å². The van der Waals surface area contributed by atoms with E-state index in [0.29, 0.717) is 42.0 Å². The number of carbonyl (C=O) groups is 1. The largest absolute Gasteiger partial charge is 0.416 e. The fourth-order valence-electron chi connectivity index (χ4n) is 2.74. The molecule has 1 atom stereocenters. The zero-order valence-corrected chi connectivity index (χ0v) is 16.2. The van der Waals surface area contributed by atoms with E-state index < -0.39 is 24.6 Å². The van der Waals surface area contributed by atoms with Crippen molar-refractivity contribution in [3.63, 3.8) is 0 Å². The van der Waals surface area contributed by atoms with Crippen LogP contribution in [0, 0.1) is 0 Å². The van der Waals surface area contributed by atoms with E-state index in [1.807, 2.05) is 0 Å². The minimum Gasteiger partial charge on any atom is -0.397 e. The molecule has 0 saturated heterocycles. The second kappa shape index (κ2) is 10.8. The second-order valence-corrected chi connectivity index (χ2v) is 6.90. The van der Waals surface area contributed by atoms with Gasteiger partial charge in [-0.1, -0.05) is 12.1 Å². The van der Waals surface area contributed by atoms with Crippen LogP contribution in [0.3, 0.4) is 0 Å². The summed E-state index contributed by atoms with van der Waals surface area (Å²) in [5.74, 6) is -0.275. The summed E-state index contributed by atoms with van der Waals surface area (Å²) in [5.41, 5.74) is 7.30. The Hall–Kier alpha value is -2.84. The number of nitrogens with one attached hydrogen (secondary N) is 2. The molecule has 9 heteroatoms. The molecule has 4 nitrogen and oxygen atoms in total. The summed E-state index contributed by atoms with van der Waals surface area (Å²) in [6, 6.07) is 9.74. The first kappa shape index (κ1) is 23.4. The monoisotopic (exact) mass is 429 g/mol. The van der Waals surface area contributed by atoms with Crippen molar-refractivity contribution in [2.45, 2.75) is 44.6 Å². The highest BCUT2D eigenvalue weighted by Crippen LogP contribution is 2.29. The third kappa shape index (κ3) is 7.53. The summed E-state index contributed by atoms with van der Waals surface area (Å²) in [4.78, 5) is 11.9. The predicted molar refractivity (Wildman–Crippen MR) is 108 cm³/mol. The molecular weight excluding hydrogens is 405 g/mol. The van der Waals surface area contributed by atoms with Crippen molar-refractivity contribution >= 4 is 23.0 Å². The van der Waals surface area contributed by atoms with Gasteiger partial charge in [0.25, 0.3) is 0 Å². The molecule has 0 bridgehead atoms. The second-order valence-electron chi connectivity index (χ2n) is 6.90. The maximum Gasteiger partial charge on any atom is 0.416 e. The molecule has 2 aromatic rings. The summed E-state index contributed by atoms with van der Waals surface area (Å²) < 4.78 is 62.6. The number of anilines is 3. The van der Waals surface area contributed by atoms with E-state index in [1.165, 1.54) is 12.1 Å². The lowest BCUT2D eigenvalue weighted by Crippen LogP contribution is -2.13. The Balaban J connectivity index is 1.82. The van der Waals surface area contributed by atoms with E-state index in [-0.39, 0.29) is 18.7 Å². The summed E-state index contributed by atoms with van der Waals surface area (Å²) >= 11 is 0. The maximum atomic E-state index is 12.8. The highest BCUT2D eigenvalue weighted by molar-refractivity contribution is 5.94. The fourth-order valence-corrected chi connectivity index (χ4v) is 2.74. The molecular formula is C21H24F5N3O. The van der Waals surface area contributed by atoms with E-state index >= 15 is 0 Å². The number of nitrogen functional groups attached to an aromatic ring is 1. The Labute approximate surface area is 171 Å². The molecule has 0 aliphatic carbocycles. The average molecular weight is 429 g/mol. The van der Waals surface area contributed by atoms with Crippen LogP contribution in [0.25, 0.3) is 0 Å². The molecule has 0 aromatic heterocycles. The Morgan fingerprint density at radius 2 is 1.77 bits per heavy atom. The van der Waals surface area contributed by atoms with Crippen molar-refractivity contribution < 1.29 is 26.7 Å². The van der Waals surface area contributed by atoms with Crippen LogP contribution in [0.4, 0.5) is 39.0 Å². The molecule has 0 unspecified atom stereocenters. The van der Waals surface area contributed by atoms with Gasteiger partial charge in [0.05, 0.1) is 16.9 Å². The number of alkyl halides is 5. The van der Waals surface area contributed by atoms with E-state index in [9.17, 15) is 26.7 Å². The minimum atomic E-state index is -4.37. The highest BCUT2D eigenvalue weighted by Gasteiger charge is 2.29. The van der Waals surface area contributed by atoms with Crippen molar-refractivity contribution in [2.24, 2.45) is 0 Å². The summed E-state index contributed by atoms with van der Waals surface area (Å²) in [5, 5.41) is 5.73. The topological polar surface area (TPSA) is 67.2 Å². The summed E-state index contributed by atoms with van der Waals surface area (Å²) in [7, 11) is 0. The van der Waals surface area contributed by atoms with Gasteiger partial charge in [-0.25, -0.2) is 8.78 Å². The number of amides is 1. The molecule has 4 N–H and O–H groups in total. The number of halogens is 5. The van der Waals surface area contributed by atoms with E-state index in [0.717, 1.165) is 12.1 Å². The number of benzene rings is 2. The molecule has 0 fully saturated rings. The molecule has 2 aromatic carbocycles. The maximum absolute atomic E-state index is 12.8. The molecule has 0 saturated carbocycles. The fraction of sp³-hybridized carbons (Fsp3) is 0.381. The molecule has 0 aliphatic rings. The van der Waals surface area contributed by atoms with Crippen LogP contribution >= 0.6 is 0 Å². The number of nitrogens with two attached hydrogens (primary N) is 1. The summed E-state index contributed by atoms with van der Waals surface area (Å²) in [6.07, 6.45) is -4.73. The van der Waals surface area contributed by atoms with Gasteiger partial charge in [0.2, 0.25) is 5.91 Å². The van der Waals surface area contributed by atoms with Crippen molar-refractivity contribution in [2.75, 3.05) is 23.0 Å². The van der Waals surface area contributed by atoms with Crippen LogP contribution in [0.5, 0.6) is 0 Å². The van der Waals surface area contributed by atoms with E-state index in [1.54, 1.807) is 18.2 Å². The standard InChI is InChI=1S/C21H24F5N3O/c22-12-16(23)3-1-2-4-20(30)29-19-10-9-17(11-18(19)27)28-13-14-5-7-15(8-6-14)21(24,25)26/h5-11,16,28H,1-4,12-13,27H2,(H,29,30)/t16-/m1/s1. The third-order valence-electron chi connectivity index (χ3n) is 4.44. The quantitative estimate of drug-likeness (QED) is 0.258. The first-order chi connectivity index (χ1) is 14.2. The number of carbonyl (C=O) groups excluding carboxylic acids is 1. The predicted octanol–water partition coefficient (Wildman–Crippen LogP) is 5.71. The van der Waals surface area contributed by atoms with Crippen LogP contribution in [0.2, 0.25) is 0 Å². The molecule has 1 amide bonds. The van der Waals surface area contributed by atoms with Gasteiger partial charge in [-0.05, 0) is 55.2 Å². The van der Waals surface area contributed by atoms with Gasteiger partial charge in [0.15, 0.2) is 0 Å². The van der Waals surface area contributed by atoms with E-state index in [4.69, 9.17) is 5.73 Å². The zero-order valence-electron chi connectivity index (χ0n) is 16.2. The van der Waals surface area contributed by atoms with Crippen LogP contribution < -0.4 is 16.4 Å². The molecule has 0 aliphatic heterocycles. The molecule has 2 rings (SSSR count).